The molecule has 1 aliphatic heterocycles. The quantitative estimate of drug-likeness (QED) is 0.505. The predicted molar refractivity (Wildman–Crippen MR) is 121 cm³/mol. The van der Waals surface area contributed by atoms with Gasteiger partial charge < -0.3 is 19.5 Å². The van der Waals surface area contributed by atoms with Crippen LogP contribution < -0.4 is 19.5 Å². The average Bonchev–Trinajstić information content (AvgIpc) is 3.30. The van der Waals surface area contributed by atoms with E-state index in [4.69, 9.17) is 14.2 Å². The minimum absolute atomic E-state index is 0.301. The van der Waals surface area contributed by atoms with Crippen LogP contribution in [0, 0.1) is 0 Å². The van der Waals surface area contributed by atoms with E-state index in [9.17, 15) is 4.79 Å². The SMILES string of the molecule is COc1ccc(-c2cc(C(=O)Nc3ccc4c(c3)OCCO4)nn2-c2ccccc2)cc1. The van der Waals surface area contributed by atoms with E-state index < -0.39 is 0 Å². The Labute approximate surface area is 185 Å². The second-order valence-corrected chi connectivity index (χ2v) is 7.20. The first-order chi connectivity index (χ1) is 15.7. The van der Waals surface area contributed by atoms with Gasteiger partial charge in [-0.1, -0.05) is 18.2 Å². The van der Waals surface area contributed by atoms with Crippen LogP contribution in [0.25, 0.3) is 16.9 Å². The molecule has 1 amide bonds. The average molecular weight is 427 g/mol. The van der Waals surface area contributed by atoms with E-state index in [1.54, 1.807) is 36.1 Å². The Morgan fingerprint density at radius 2 is 1.69 bits per heavy atom. The second-order valence-electron chi connectivity index (χ2n) is 7.20. The Balaban J connectivity index is 1.48. The number of anilines is 1. The predicted octanol–water partition coefficient (Wildman–Crippen LogP) is 4.57. The summed E-state index contributed by atoms with van der Waals surface area (Å²) in [5.74, 6) is 1.73. The molecule has 0 unspecified atom stereocenters. The highest BCUT2D eigenvalue weighted by atomic mass is 16.6. The van der Waals surface area contributed by atoms with E-state index in [-0.39, 0.29) is 5.91 Å². The molecule has 3 aromatic carbocycles. The van der Waals surface area contributed by atoms with Gasteiger partial charge in [0.05, 0.1) is 18.5 Å². The van der Waals surface area contributed by atoms with Crippen LogP contribution in [0.15, 0.2) is 78.9 Å². The first-order valence-electron chi connectivity index (χ1n) is 10.2. The minimum Gasteiger partial charge on any atom is -0.497 e. The minimum atomic E-state index is -0.314. The molecule has 0 saturated carbocycles. The Morgan fingerprint density at radius 3 is 2.44 bits per heavy atom. The van der Waals surface area contributed by atoms with E-state index in [1.165, 1.54) is 0 Å². The lowest BCUT2D eigenvalue weighted by Crippen LogP contribution is -2.16. The largest absolute Gasteiger partial charge is 0.497 e. The van der Waals surface area contributed by atoms with Gasteiger partial charge >= 0.3 is 0 Å². The van der Waals surface area contributed by atoms with Gasteiger partial charge in [0.1, 0.15) is 19.0 Å². The van der Waals surface area contributed by atoms with Crippen LogP contribution in [0.4, 0.5) is 5.69 Å². The van der Waals surface area contributed by atoms with Gasteiger partial charge in [0.15, 0.2) is 17.2 Å². The highest BCUT2D eigenvalue weighted by Gasteiger charge is 2.18. The number of aromatic nitrogens is 2. The molecule has 4 aromatic rings. The van der Waals surface area contributed by atoms with Gasteiger partial charge in [-0.25, -0.2) is 4.68 Å². The molecule has 0 radical (unpaired) electrons. The fourth-order valence-electron chi connectivity index (χ4n) is 3.54. The summed E-state index contributed by atoms with van der Waals surface area (Å²) in [6, 6.07) is 24.5. The zero-order chi connectivity index (χ0) is 21.9. The van der Waals surface area contributed by atoms with Gasteiger partial charge in [-0.3, -0.25) is 4.79 Å². The van der Waals surface area contributed by atoms with E-state index in [1.807, 2.05) is 54.6 Å². The molecule has 32 heavy (non-hydrogen) atoms. The third-order valence-corrected chi connectivity index (χ3v) is 5.13. The van der Waals surface area contributed by atoms with Gasteiger partial charge in [0, 0.05) is 17.3 Å². The normalized spacial score (nSPS) is 12.3. The summed E-state index contributed by atoms with van der Waals surface area (Å²) in [5, 5.41) is 7.50. The van der Waals surface area contributed by atoms with Gasteiger partial charge in [0.2, 0.25) is 0 Å². The molecule has 1 N–H and O–H groups in total. The van der Waals surface area contributed by atoms with Crippen LogP contribution in [0.1, 0.15) is 10.5 Å². The van der Waals surface area contributed by atoms with Gasteiger partial charge in [-0.05, 0) is 54.6 Å². The third kappa shape index (κ3) is 3.88. The van der Waals surface area contributed by atoms with Crippen LogP contribution in [0.2, 0.25) is 0 Å². The van der Waals surface area contributed by atoms with Crippen molar-refractivity contribution in [2.45, 2.75) is 0 Å². The molecule has 0 bridgehead atoms. The molecular weight excluding hydrogens is 406 g/mol. The number of rotatable bonds is 5. The number of methoxy groups -OCH3 is 1. The first-order valence-corrected chi connectivity index (χ1v) is 10.2. The van der Waals surface area contributed by atoms with Gasteiger partial charge in [0.25, 0.3) is 5.91 Å². The Morgan fingerprint density at radius 1 is 0.938 bits per heavy atom. The molecule has 2 heterocycles. The zero-order valence-electron chi connectivity index (χ0n) is 17.4. The smallest absolute Gasteiger partial charge is 0.276 e. The molecule has 0 atom stereocenters. The van der Waals surface area contributed by atoms with Crippen molar-refractivity contribution in [1.29, 1.82) is 0 Å². The number of para-hydroxylation sites is 1. The lowest BCUT2D eigenvalue weighted by Gasteiger charge is -2.18. The summed E-state index contributed by atoms with van der Waals surface area (Å²) in [6.45, 7) is 1.00. The Hall–Kier alpha value is -4.26. The van der Waals surface area contributed by atoms with Crippen molar-refractivity contribution in [3.8, 4) is 34.2 Å². The highest BCUT2D eigenvalue weighted by molar-refractivity contribution is 6.03. The lowest BCUT2D eigenvalue weighted by molar-refractivity contribution is 0.102. The van der Waals surface area contributed by atoms with Crippen molar-refractivity contribution >= 4 is 11.6 Å². The van der Waals surface area contributed by atoms with E-state index >= 15 is 0 Å². The molecular formula is C25H21N3O4. The van der Waals surface area contributed by atoms with Crippen molar-refractivity contribution in [2.24, 2.45) is 0 Å². The van der Waals surface area contributed by atoms with Crippen LogP contribution in [-0.4, -0.2) is 36.0 Å². The Kier molecular flexibility index (Phi) is 5.21. The van der Waals surface area contributed by atoms with E-state index in [0.29, 0.717) is 36.1 Å². The molecule has 0 fully saturated rings. The molecule has 0 saturated heterocycles. The summed E-state index contributed by atoms with van der Waals surface area (Å²) in [6.07, 6.45) is 0. The number of nitrogens with zero attached hydrogens (tertiary/aromatic N) is 2. The van der Waals surface area contributed by atoms with Crippen molar-refractivity contribution in [3.05, 3.63) is 84.6 Å². The highest BCUT2D eigenvalue weighted by Crippen LogP contribution is 2.33. The monoisotopic (exact) mass is 427 g/mol. The summed E-state index contributed by atoms with van der Waals surface area (Å²) >= 11 is 0. The topological polar surface area (TPSA) is 74.6 Å². The maximum Gasteiger partial charge on any atom is 0.276 e. The molecule has 7 nitrogen and oxygen atoms in total. The molecule has 0 spiro atoms. The number of nitrogens with one attached hydrogen (secondary N) is 1. The maximum absolute atomic E-state index is 13.0. The second kappa shape index (κ2) is 8.47. The zero-order valence-corrected chi connectivity index (χ0v) is 17.4. The summed E-state index contributed by atoms with van der Waals surface area (Å²) < 4.78 is 18.2. The van der Waals surface area contributed by atoms with Crippen LogP contribution >= 0.6 is 0 Å². The van der Waals surface area contributed by atoms with E-state index in [2.05, 4.69) is 10.4 Å². The summed E-state index contributed by atoms with van der Waals surface area (Å²) in [4.78, 5) is 13.0. The van der Waals surface area contributed by atoms with Crippen LogP contribution in [0.3, 0.4) is 0 Å². The van der Waals surface area contributed by atoms with Crippen molar-refractivity contribution in [1.82, 2.24) is 9.78 Å². The Bertz CT molecular complexity index is 1250. The number of fused-ring (bicyclic) bond motifs is 1. The summed E-state index contributed by atoms with van der Waals surface area (Å²) in [5.41, 5.74) is 3.48. The number of hydrogen-bond donors (Lipinski definition) is 1. The van der Waals surface area contributed by atoms with Crippen LogP contribution in [-0.2, 0) is 0 Å². The standard InChI is InChI=1S/C25H21N3O4/c1-30-20-10-7-17(8-11-20)22-16-21(27-28(22)19-5-3-2-4-6-19)25(29)26-18-9-12-23-24(15-18)32-14-13-31-23/h2-12,15-16H,13-14H2,1H3,(H,26,29). The number of carbonyl (C=O) groups excluding carboxylic acids is 1. The fraction of sp³-hybridized carbons (Fsp3) is 0.120. The van der Waals surface area contributed by atoms with Gasteiger partial charge in [-0.2, -0.15) is 5.10 Å². The number of carbonyl (C=O) groups is 1. The van der Waals surface area contributed by atoms with Crippen molar-refractivity contribution in [2.75, 3.05) is 25.6 Å². The van der Waals surface area contributed by atoms with Crippen LogP contribution in [0.5, 0.6) is 17.2 Å². The third-order valence-electron chi connectivity index (χ3n) is 5.13. The maximum atomic E-state index is 13.0. The summed E-state index contributed by atoms with van der Waals surface area (Å²) in [7, 11) is 1.63. The first kappa shape index (κ1) is 19.7. The van der Waals surface area contributed by atoms with E-state index in [0.717, 1.165) is 22.7 Å². The molecule has 5 rings (SSSR count). The molecule has 1 aliphatic rings. The fourth-order valence-corrected chi connectivity index (χ4v) is 3.54. The number of hydrogen-bond acceptors (Lipinski definition) is 5. The van der Waals surface area contributed by atoms with Gasteiger partial charge in [-0.15, -0.1) is 0 Å². The lowest BCUT2D eigenvalue weighted by atomic mass is 10.1. The van der Waals surface area contributed by atoms with Crippen molar-refractivity contribution < 1.29 is 19.0 Å². The molecule has 1 aromatic heterocycles. The number of benzene rings is 3. The molecule has 0 aliphatic carbocycles. The number of ether oxygens (including phenoxy) is 3. The molecule has 160 valence electrons. The number of amides is 1. The van der Waals surface area contributed by atoms with Crippen molar-refractivity contribution in [3.63, 3.8) is 0 Å². The molecule has 7 heteroatoms.